The van der Waals surface area contributed by atoms with Crippen LogP contribution in [-0.2, 0) is 19.2 Å². The van der Waals surface area contributed by atoms with E-state index in [1.807, 2.05) is 19.9 Å². The maximum absolute atomic E-state index is 13.4. The Hall–Kier alpha value is -2.64. The molecular formula is C31H55N3O5. The molecule has 0 fully saturated rings. The van der Waals surface area contributed by atoms with Gasteiger partial charge in [-0.15, -0.1) is 13.2 Å². The Morgan fingerprint density at radius 3 is 1.90 bits per heavy atom. The van der Waals surface area contributed by atoms with Crippen LogP contribution in [0, 0.1) is 17.8 Å². The summed E-state index contributed by atoms with van der Waals surface area (Å²) in [5, 5.41) is 15.4. The molecule has 0 saturated carbocycles. The number of hydrogen-bond donors (Lipinski definition) is 3. The highest BCUT2D eigenvalue weighted by atomic mass is 16.4. The number of nitrogens with zero attached hydrogens (tertiary/aromatic N) is 1. The zero-order valence-electron chi connectivity index (χ0n) is 25.2. The first-order valence-electron chi connectivity index (χ1n) is 14.7. The zero-order valence-corrected chi connectivity index (χ0v) is 25.2. The van der Waals surface area contributed by atoms with Gasteiger partial charge in [-0.05, 0) is 50.9 Å². The Bertz CT molecular complexity index is 765. The molecule has 0 aliphatic carbocycles. The molecule has 224 valence electrons. The lowest BCUT2D eigenvalue weighted by Gasteiger charge is -2.27. The smallest absolute Gasteiger partial charge is 0.326 e. The van der Waals surface area contributed by atoms with E-state index in [1.54, 1.807) is 20.2 Å². The second-order valence-electron chi connectivity index (χ2n) is 11.3. The highest BCUT2D eigenvalue weighted by Gasteiger charge is 2.32. The molecule has 0 spiro atoms. The number of allylic oxidation sites excluding steroid dienone is 2. The van der Waals surface area contributed by atoms with E-state index in [1.165, 1.54) is 11.3 Å². The van der Waals surface area contributed by atoms with Crippen molar-refractivity contribution in [1.29, 1.82) is 0 Å². The molecule has 39 heavy (non-hydrogen) atoms. The molecule has 4 atom stereocenters. The molecule has 4 unspecified atom stereocenters. The number of carboxylic acid groups (broad SMARTS) is 1. The summed E-state index contributed by atoms with van der Waals surface area (Å²) >= 11 is 0. The van der Waals surface area contributed by atoms with E-state index in [0.29, 0.717) is 12.8 Å². The molecule has 0 radical (unpaired) electrons. The number of nitrogens with one attached hydrogen (secondary N) is 2. The zero-order chi connectivity index (χ0) is 29.8. The topological polar surface area (TPSA) is 116 Å². The number of carboxylic acids is 1. The van der Waals surface area contributed by atoms with Crippen molar-refractivity contribution in [3.05, 3.63) is 25.3 Å². The molecule has 0 heterocycles. The lowest BCUT2D eigenvalue weighted by atomic mass is 9.92. The molecule has 3 amide bonds. The van der Waals surface area contributed by atoms with E-state index in [2.05, 4.69) is 30.7 Å². The van der Waals surface area contributed by atoms with Crippen LogP contribution in [-0.4, -0.2) is 59.9 Å². The highest BCUT2D eigenvalue weighted by molar-refractivity contribution is 5.91. The SMILES string of the molecule is C=CCCCCC(CCCCCCC)C(=O)NC(CC(C)C)C(=O)NC(CC(CC=C)C(=O)N(C)C)C(=O)O. The van der Waals surface area contributed by atoms with E-state index < -0.39 is 29.9 Å². The third kappa shape index (κ3) is 16.2. The normalized spacial score (nSPS) is 14.1. The second kappa shape index (κ2) is 21.2. The van der Waals surface area contributed by atoms with Gasteiger partial charge in [-0.25, -0.2) is 4.79 Å². The van der Waals surface area contributed by atoms with E-state index in [9.17, 15) is 24.3 Å². The number of carbonyl (C=O) groups is 4. The number of carbonyl (C=O) groups excluding carboxylic acids is 3. The fourth-order valence-corrected chi connectivity index (χ4v) is 4.72. The van der Waals surface area contributed by atoms with Gasteiger partial charge in [-0.3, -0.25) is 14.4 Å². The summed E-state index contributed by atoms with van der Waals surface area (Å²) in [6.45, 7) is 13.5. The van der Waals surface area contributed by atoms with Gasteiger partial charge in [0, 0.05) is 25.9 Å². The van der Waals surface area contributed by atoms with E-state index in [-0.39, 0.29) is 30.1 Å². The van der Waals surface area contributed by atoms with Crippen molar-refractivity contribution in [2.45, 2.75) is 116 Å². The summed E-state index contributed by atoms with van der Waals surface area (Å²) < 4.78 is 0. The largest absolute Gasteiger partial charge is 0.480 e. The third-order valence-electron chi connectivity index (χ3n) is 6.95. The van der Waals surface area contributed by atoms with Gasteiger partial charge < -0.3 is 20.6 Å². The van der Waals surface area contributed by atoms with E-state index >= 15 is 0 Å². The highest BCUT2D eigenvalue weighted by Crippen LogP contribution is 2.20. The molecule has 0 aromatic heterocycles. The van der Waals surface area contributed by atoms with Crippen LogP contribution in [0.4, 0.5) is 0 Å². The average molecular weight is 550 g/mol. The summed E-state index contributed by atoms with van der Waals surface area (Å²) in [6, 6.07) is -2.11. The minimum atomic E-state index is -1.26. The molecule has 8 heteroatoms. The predicted octanol–water partition coefficient (Wildman–Crippen LogP) is 5.48. The van der Waals surface area contributed by atoms with Gasteiger partial charge in [0.05, 0.1) is 0 Å². The van der Waals surface area contributed by atoms with Gasteiger partial charge >= 0.3 is 5.97 Å². The number of amides is 3. The summed E-state index contributed by atoms with van der Waals surface area (Å²) in [4.78, 5) is 52.7. The molecule has 0 aromatic rings. The first-order chi connectivity index (χ1) is 18.5. The average Bonchev–Trinajstić information content (AvgIpc) is 2.87. The monoisotopic (exact) mass is 549 g/mol. The Kier molecular flexibility index (Phi) is 19.8. The van der Waals surface area contributed by atoms with Crippen LogP contribution in [0.1, 0.15) is 104 Å². The molecule has 0 bridgehead atoms. The lowest BCUT2D eigenvalue weighted by molar-refractivity contribution is -0.143. The minimum absolute atomic E-state index is 0.0594. The minimum Gasteiger partial charge on any atom is -0.480 e. The van der Waals surface area contributed by atoms with Gasteiger partial charge in [0.25, 0.3) is 0 Å². The summed E-state index contributed by atoms with van der Waals surface area (Å²) in [6.07, 6.45) is 13.9. The quantitative estimate of drug-likeness (QED) is 0.115. The van der Waals surface area contributed by atoms with Gasteiger partial charge in [0.2, 0.25) is 17.7 Å². The van der Waals surface area contributed by atoms with Gasteiger partial charge in [-0.2, -0.15) is 0 Å². The molecule has 0 rings (SSSR count). The van der Waals surface area contributed by atoms with Crippen molar-refractivity contribution in [3.63, 3.8) is 0 Å². The number of rotatable bonds is 23. The Balaban J connectivity index is 5.56. The predicted molar refractivity (Wildman–Crippen MR) is 158 cm³/mol. The van der Waals surface area contributed by atoms with Gasteiger partial charge in [0.15, 0.2) is 0 Å². The molecule has 0 aliphatic heterocycles. The van der Waals surface area contributed by atoms with Crippen molar-refractivity contribution in [3.8, 4) is 0 Å². The van der Waals surface area contributed by atoms with Crippen molar-refractivity contribution in [2.75, 3.05) is 14.1 Å². The van der Waals surface area contributed by atoms with Gasteiger partial charge in [-0.1, -0.05) is 71.4 Å². The summed E-state index contributed by atoms with van der Waals surface area (Å²) in [5.74, 6) is -2.83. The maximum atomic E-state index is 13.4. The number of unbranched alkanes of at least 4 members (excludes halogenated alkanes) is 6. The van der Waals surface area contributed by atoms with Gasteiger partial charge in [0.1, 0.15) is 12.1 Å². The fourth-order valence-electron chi connectivity index (χ4n) is 4.72. The first kappa shape index (κ1) is 36.4. The van der Waals surface area contributed by atoms with Crippen LogP contribution >= 0.6 is 0 Å². The van der Waals surface area contributed by atoms with Crippen molar-refractivity contribution < 1.29 is 24.3 Å². The van der Waals surface area contributed by atoms with E-state index in [4.69, 9.17) is 0 Å². The molecule has 0 aliphatic rings. The maximum Gasteiger partial charge on any atom is 0.326 e. The third-order valence-corrected chi connectivity index (χ3v) is 6.95. The fraction of sp³-hybridized carbons (Fsp3) is 0.742. The summed E-state index contributed by atoms with van der Waals surface area (Å²) in [7, 11) is 3.22. The number of hydrogen-bond acceptors (Lipinski definition) is 4. The Labute approximate surface area is 237 Å². The van der Waals surface area contributed by atoms with Crippen LogP contribution in [0.2, 0.25) is 0 Å². The van der Waals surface area contributed by atoms with Crippen LogP contribution < -0.4 is 10.6 Å². The number of aliphatic carboxylic acids is 1. The molecule has 0 saturated heterocycles. The molecular weight excluding hydrogens is 494 g/mol. The standard InChI is InChI=1S/C31H55N3O5/c1-8-11-13-15-17-20-24(19-16-14-12-9-2)28(35)32-26(21-23(4)5)29(36)33-27(31(38)39)22-25(18-10-3)30(37)34(6)7/h9-10,23-27H,2-3,8,11-22H2,1,4-7H3,(H,32,35)(H,33,36)(H,38,39). The first-order valence-corrected chi connectivity index (χ1v) is 14.7. The molecule has 3 N–H and O–H groups in total. The van der Waals surface area contributed by atoms with Crippen LogP contribution in [0.3, 0.4) is 0 Å². The molecule has 8 nitrogen and oxygen atoms in total. The van der Waals surface area contributed by atoms with Crippen LogP contribution in [0.25, 0.3) is 0 Å². The Morgan fingerprint density at radius 2 is 1.38 bits per heavy atom. The van der Waals surface area contributed by atoms with Crippen molar-refractivity contribution in [2.24, 2.45) is 17.8 Å². The van der Waals surface area contributed by atoms with Crippen molar-refractivity contribution >= 4 is 23.7 Å². The van der Waals surface area contributed by atoms with E-state index in [0.717, 1.165) is 57.8 Å². The summed E-state index contributed by atoms with van der Waals surface area (Å²) in [5.41, 5.74) is 0. The van der Waals surface area contributed by atoms with Crippen LogP contribution in [0.5, 0.6) is 0 Å². The lowest BCUT2D eigenvalue weighted by Crippen LogP contribution is -2.53. The second-order valence-corrected chi connectivity index (χ2v) is 11.3. The Morgan fingerprint density at radius 1 is 0.795 bits per heavy atom. The van der Waals surface area contributed by atoms with Crippen molar-refractivity contribution in [1.82, 2.24) is 15.5 Å². The molecule has 0 aromatic carbocycles. The van der Waals surface area contributed by atoms with Crippen LogP contribution in [0.15, 0.2) is 25.3 Å².